The fourth-order valence-electron chi connectivity index (χ4n) is 4.77. The number of aryl methyl sites for hydroxylation is 2. The monoisotopic (exact) mass is 486 g/mol. The van der Waals surface area contributed by atoms with Gasteiger partial charge in [0.2, 0.25) is 6.41 Å². The maximum Gasteiger partial charge on any atom is 0.207 e. The predicted molar refractivity (Wildman–Crippen MR) is 149 cm³/mol. The van der Waals surface area contributed by atoms with Crippen LogP contribution in [0, 0.1) is 6.92 Å². The number of benzene rings is 2. The van der Waals surface area contributed by atoms with Crippen LogP contribution >= 0.6 is 9.24 Å². The van der Waals surface area contributed by atoms with Gasteiger partial charge in [-0.15, -0.1) is 9.24 Å². The second-order valence-electron chi connectivity index (χ2n) is 8.99. The van der Waals surface area contributed by atoms with E-state index in [-0.39, 0.29) is 0 Å². The lowest BCUT2D eigenvalue weighted by Gasteiger charge is -2.34. The Morgan fingerprint density at radius 1 is 1.03 bits per heavy atom. The lowest BCUT2D eigenvalue weighted by molar-refractivity contribution is -0.109. The van der Waals surface area contributed by atoms with Gasteiger partial charge in [0.1, 0.15) is 5.65 Å². The molecule has 1 aliphatic rings. The molecule has 1 N–H and O–H groups in total. The molecule has 0 radical (unpaired) electrons. The SMILES string of the molecule is CCc1nc2c(P)cccn2c1C.O=CNCc1ccc(N2CCC(c3ccccc3)CC2)cc1. The number of pyridine rings is 1. The molecule has 5 nitrogen and oxygen atoms in total. The molecule has 1 unspecified atom stereocenters. The van der Waals surface area contributed by atoms with Crippen molar-refractivity contribution in [3.8, 4) is 0 Å². The van der Waals surface area contributed by atoms with Crippen molar-refractivity contribution >= 4 is 32.3 Å². The number of amides is 1. The Morgan fingerprint density at radius 2 is 1.74 bits per heavy atom. The fourth-order valence-corrected chi connectivity index (χ4v) is 5.08. The van der Waals surface area contributed by atoms with Gasteiger partial charge < -0.3 is 14.6 Å². The first-order valence-corrected chi connectivity index (χ1v) is 13.0. The third-order valence-electron chi connectivity index (χ3n) is 6.81. The van der Waals surface area contributed by atoms with Crippen LogP contribution in [-0.2, 0) is 17.8 Å². The highest BCUT2D eigenvalue weighted by molar-refractivity contribution is 7.28. The number of hydrogen-bond donors (Lipinski definition) is 1. The van der Waals surface area contributed by atoms with Crippen LogP contribution in [0.2, 0.25) is 0 Å². The van der Waals surface area contributed by atoms with Crippen LogP contribution in [0.25, 0.3) is 5.65 Å². The van der Waals surface area contributed by atoms with Crippen molar-refractivity contribution in [3.63, 3.8) is 0 Å². The van der Waals surface area contributed by atoms with Crippen LogP contribution in [0.4, 0.5) is 5.69 Å². The van der Waals surface area contributed by atoms with Gasteiger partial charge in [0.15, 0.2) is 0 Å². The van der Waals surface area contributed by atoms with E-state index in [2.05, 4.69) is 110 Å². The maximum atomic E-state index is 10.3. The molecule has 1 amide bonds. The van der Waals surface area contributed by atoms with Gasteiger partial charge in [0.05, 0.1) is 5.69 Å². The molecule has 1 saturated heterocycles. The third kappa shape index (κ3) is 6.10. The highest BCUT2D eigenvalue weighted by Crippen LogP contribution is 2.30. The van der Waals surface area contributed by atoms with E-state index >= 15 is 0 Å². The zero-order chi connectivity index (χ0) is 24.6. The normalized spacial score (nSPS) is 13.9. The van der Waals surface area contributed by atoms with E-state index in [1.165, 1.54) is 35.5 Å². The summed E-state index contributed by atoms with van der Waals surface area (Å²) in [6, 6.07) is 23.4. The lowest BCUT2D eigenvalue weighted by Crippen LogP contribution is -2.32. The Labute approximate surface area is 210 Å². The molecule has 4 aromatic rings. The predicted octanol–water partition coefficient (Wildman–Crippen LogP) is 5.02. The molecule has 0 aliphatic carbocycles. The Bertz CT molecular complexity index is 1230. The standard InChI is InChI=1S/C19H22N2O.C10H13N2P/c22-15-20-14-16-6-8-19(9-7-16)21-12-10-18(11-13-21)17-4-2-1-3-5-17;1-3-8-7(2)12-6-4-5-9(13)10(12)11-8/h1-9,15,18H,10-14H2,(H,20,22);4-6H,3,13H2,1-2H3. The molecule has 2 aromatic carbocycles. The molecule has 5 rings (SSSR count). The first kappa shape index (κ1) is 24.9. The van der Waals surface area contributed by atoms with Crippen molar-refractivity contribution in [3.05, 3.63) is 95.4 Å². The second kappa shape index (κ2) is 12.0. The Hall–Kier alpha value is -3.17. The number of hydrogen-bond acceptors (Lipinski definition) is 3. The molecule has 3 heterocycles. The number of aromatic nitrogens is 2. The molecule has 35 heavy (non-hydrogen) atoms. The van der Waals surface area contributed by atoms with E-state index in [1.807, 2.05) is 6.07 Å². The van der Waals surface area contributed by atoms with Crippen molar-refractivity contribution in [2.24, 2.45) is 0 Å². The number of nitrogens with zero attached hydrogens (tertiary/aromatic N) is 3. The molecule has 1 fully saturated rings. The minimum atomic E-state index is 0.597. The van der Waals surface area contributed by atoms with Gasteiger partial charge in [-0.2, -0.15) is 0 Å². The number of imidazole rings is 1. The van der Waals surface area contributed by atoms with Crippen LogP contribution in [0.15, 0.2) is 72.9 Å². The average molecular weight is 487 g/mol. The highest BCUT2D eigenvalue weighted by Gasteiger charge is 2.20. The van der Waals surface area contributed by atoms with E-state index in [4.69, 9.17) is 0 Å². The number of nitrogens with one attached hydrogen (secondary N) is 1. The summed E-state index contributed by atoms with van der Waals surface area (Å²) >= 11 is 0. The van der Waals surface area contributed by atoms with E-state index in [0.29, 0.717) is 12.5 Å². The Balaban J connectivity index is 0.000000189. The number of carbonyl (C=O) groups is 1. The van der Waals surface area contributed by atoms with Crippen LogP contribution in [0.3, 0.4) is 0 Å². The van der Waals surface area contributed by atoms with E-state index in [0.717, 1.165) is 42.4 Å². The van der Waals surface area contributed by atoms with Crippen molar-refractivity contribution in [2.75, 3.05) is 18.0 Å². The quantitative estimate of drug-likeness (QED) is 0.308. The average Bonchev–Trinajstić information content (AvgIpc) is 3.25. The van der Waals surface area contributed by atoms with Crippen LogP contribution < -0.4 is 15.5 Å². The van der Waals surface area contributed by atoms with Gasteiger partial charge in [-0.3, -0.25) is 4.79 Å². The molecule has 182 valence electrons. The molecular weight excluding hydrogens is 451 g/mol. The molecule has 0 saturated carbocycles. The number of fused-ring (bicyclic) bond motifs is 1. The van der Waals surface area contributed by atoms with E-state index < -0.39 is 0 Å². The van der Waals surface area contributed by atoms with Crippen LogP contribution in [0.5, 0.6) is 0 Å². The summed E-state index contributed by atoms with van der Waals surface area (Å²) < 4.78 is 2.14. The van der Waals surface area contributed by atoms with E-state index in [1.54, 1.807) is 0 Å². The number of carbonyl (C=O) groups excluding carboxylic acids is 1. The number of piperidine rings is 1. The first-order chi connectivity index (χ1) is 17.1. The van der Waals surface area contributed by atoms with Crippen molar-refractivity contribution < 1.29 is 4.79 Å². The van der Waals surface area contributed by atoms with Crippen molar-refractivity contribution in [1.82, 2.24) is 14.7 Å². The highest BCUT2D eigenvalue weighted by atomic mass is 31.0. The van der Waals surface area contributed by atoms with Gasteiger partial charge >= 0.3 is 0 Å². The Kier molecular flexibility index (Phi) is 8.54. The first-order valence-electron chi connectivity index (χ1n) is 12.4. The van der Waals surface area contributed by atoms with Crippen molar-refractivity contribution in [2.45, 2.75) is 45.6 Å². The minimum absolute atomic E-state index is 0.597. The summed E-state index contributed by atoms with van der Waals surface area (Å²) in [5.41, 5.74) is 7.38. The summed E-state index contributed by atoms with van der Waals surface area (Å²) in [6.07, 6.45) is 6.21. The largest absolute Gasteiger partial charge is 0.371 e. The molecular formula is C29H35N4OP. The van der Waals surface area contributed by atoms with Crippen LogP contribution in [-0.4, -0.2) is 28.9 Å². The summed E-state index contributed by atoms with van der Waals surface area (Å²) in [5.74, 6) is 0.688. The second-order valence-corrected chi connectivity index (χ2v) is 9.61. The zero-order valence-electron chi connectivity index (χ0n) is 20.7. The molecule has 1 atom stereocenters. The maximum absolute atomic E-state index is 10.3. The van der Waals surface area contributed by atoms with Gasteiger partial charge in [-0.25, -0.2) is 4.98 Å². The molecule has 0 bridgehead atoms. The third-order valence-corrected chi connectivity index (χ3v) is 7.26. The number of rotatable bonds is 6. The fraction of sp³-hybridized carbons (Fsp3) is 0.310. The van der Waals surface area contributed by atoms with Crippen LogP contribution in [0.1, 0.15) is 48.2 Å². The van der Waals surface area contributed by atoms with Gasteiger partial charge in [-0.05, 0) is 67.5 Å². The Morgan fingerprint density at radius 3 is 2.37 bits per heavy atom. The summed E-state index contributed by atoms with van der Waals surface area (Å²) in [7, 11) is 2.72. The van der Waals surface area contributed by atoms with Gasteiger partial charge in [0, 0.05) is 42.5 Å². The lowest BCUT2D eigenvalue weighted by atomic mass is 9.89. The van der Waals surface area contributed by atoms with E-state index in [9.17, 15) is 4.79 Å². The molecule has 1 aliphatic heterocycles. The summed E-state index contributed by atoms with van der Waals surface area (Å²) in [4.78, 5) is 17.3. The molecule has 6 heteroatoms. The molecule has 2 aromatic heterocycles. The smallest absolute Gasteiger partial charge is 0.207 e. The summed E-state index contributed by atoms with van der Waals surface area (Å²) in [6.45, 7) is 7.05. The van der Waals surface area contributed by atoms with Gasteiger partial charge in [0.25, 0.3) is 0 Å². The van der Waals surface area contributed by atoms with Gasteiger partial charge in [-0.1, -0.05) is 49.4 Å². The van der Waals surface area contributed by atoms with Crippen molar-refractivity contribution in [1.29, 1.82) is 0 Å². The number of anilines is 1. The zero-order valence-corrected chi connectivity index (χ0v) is 21.8. The minimum Gasteiger partial charge on any atom is -0.371 e. The molecule has 0 spiro atoms. The topological polar surface area (TPSA) is 49.6 Å². The summed E-state index contributed by atoms with van der Waals surface area (Å²) in [5, 5.41) is 3.85.